The minimum atomic E-state index is -0.837. The van der Waals surface area contributed by atoms with Gasteiger partial charge in [0.1, 0.15) is 11.9 Å². The summed E-state index contributed by atoms with van der Waals surface area (Å²) >= 11 is 0. The predicted octanol–water partition coefficient (Wildman–Crippen LogP) is 2.76. The minimum absolute atomic E-state index is 0.0982. The molecule has 0 aliphatic heterocycles. The molecule has 15 heavy (non-hydrogen) atoms. The molecule has 0 bridgehead atoms. The maximum Gasteiger partial charge on any atom is 0.122 e. The van der Waals surface area contributed by atoms with Crippen molar-refractivity contribution in [3.05, 3.63) is 54.6 Å². The lowest BCUT2D eigenvalue weighted by atomic mass is 9.99. The molecule has 0 amide bonds. The molecule has 76 valence electrons. The molecule has 2 aromatic carbocycles. The van der Waals surface area contributed by atoms with Crippen LogP contribution in [0.3, 0.4) is 0 Å². The highest BCUT2D eigenvalue weighted by Gasteiger charge is 2.12. The molecule has 0 saturated heterocycles. The van der Waals surface area contributed by atoms with E-state index in [1.54, 1.807) is 6.07 Å². The van der Waals surface area contributed by atoms with Crippen LogP contribution in [-0.2, 0) is 0 Å². The zero-order valence-corrected chi connectivity index (χ0v) is 8.22. The van der Waals surface area contributed by atoms with Crippen LogP contribution in [0.25, 0.3) is 10.8 Å². The zero-order valence-electron chi connectivity index (χ0n) is 8.22. The van der Waals surface area contributed by atoms with Crippen molar-refractivity contribution < 1.29 is 10.2 Å². The maximum absolute atomic E-state index is 9.73. The lowest BCUT2D eigenvalue weighted by Gasteiger charge is -2.11. The Bertz CT molecular complexity index is 503. The second-order valence-corrected chi connectivity index (χ2v) is 3.40. The average Bonchev–Trinajstić information content (AvgIpc) is 2.28. The molecular formula is C13H12O2. The maximum atomic E-state index is 9.73. The SMILES string of the molecule is C=CC(O)c1c(O)ccc2ccccc12. The van der Waals surface area contributed by atoms with Crippen LogP contribution in [-0.4, -0.2) is 10.2 Å². The number of hydrogen-bond acceptors (Lipinski definition) is 2. The summed E-state index contributed by atoms with van der Waals surface area (Å²) in [6.07, 6.45) is 0.567. The van der Waals surface area contributed by atoms with Gasteiger partial charge in [0, 0.05) is 5.56 Å². The van der Waals surface area contributed by atoms with Gasteiger partial charge >= 0.3 is 0 Å². The van der Waals surface area contributed by atoms with Crippen LogP contribution >= 0.6 is 0 Å². The van der Waals surface area contributed by atoms with Gasteiger partial charge in [-0.05, 0) is 16.8 Å². The van der Waals surface area contributed by atoms with Crippen LogP contribution in [0.2, 0.25) is 0 Å². The van der Waals surface area contributed by atoms with Crippen LogP contribution < -0.4 is 0 Å². The molecule has 0 aromatic heterocycles. The Morgan fingerprint density at radius 2 is 1.87 bits per heavy atom. The number of fused-ring (bicyclic) bond motifs is 1. The lowest BCUT2D eigenvalue weighted by Crippen LogP contribution is -1.94. The Morgan fingerprint density at radius 1 is 1.13 bits per heavy atom. The van der Waals surface area contributed by atoms with Crippen molar-refractivity contribution >= 4 is 10.8 Å². The molecule has 0 heterocycles. The molecule has 1 atom stereocenters. The van der Waals surface area contributed by atoms with Crippen LogP contribution in [0, 0.1) is 0 Å². The van der Waals surface area contributed by atoms with Crippen LogP contribution in [0.15, 0.2) is 49.1 Å². The Kier molecular flexibility index (Phi) is 2.44. The van der Waals surface area contributed by atoms with E-state index in [1.807, 2.05) is 30.3 Å². The normalized spacial score (nSPS) is 12.6. The van der Waals surface area contributed by atoms with Gasteiger partial charge in [-0.1, -0.05) is 36.4 Å². The molecule has 0 aliphatic carbocycles. The molecule has 2 aromatic rings. The number of phenolic OH excluding ortho intramolecular Hbond substituents is 1. The molecule has 2 rings (SSSR count). The smallest absolute Gasteiger partial charge is 0.122 e. The lowest BCUT2D eigenvalue weighted by molar-refractivity contribution is 0.226. The van der Waals surface area contributed by atoms with E-state index >= 15 is 0 Å². The van der Waals surface area contributed by atoms with Gasteiger partial charge in [0.15, 0.2) is 0 Å². The first-order chi connectivity index (χ1) is 7.24. The molecule has 0 spiro atoms. The van der Waals surface area contributed by atoms with E-state index < -0.39 is 6.10 Å². The molecule has 2 N–H and O–H groups in total. The zero-order chi connectivity index (χ0) is 10.8. The highest BCUT2D eigenvalue weighted by Crippen LogP contribution is 2.32. The predicted molar refractivity (Wildman–Crippen MR) is 60.8 cm³/mol. The van der Waals surface area contributed by atoms with Crippen LogP contribution in [0.4, 0.5) is 0 Å². The summed E-state index contributed by atoms with van der Waals surface area (Å²) in [6.45, 7) is 3.52. The first-order valence-corrected chi connectivity index (χ1v) is 4.75. The van der Waals surface area contributed by atoms with Gasteiger partial charge in [0.05, 0.1) is 0 Å². The third-order valence-corrected chi connectivity index (χ3v) is 2.47. The first-order valence-electron chi connectivity index (χ1n) is 4.75. The fraction of sp³-hybridized carbons (Fsp3) is 0.0769. The number of aromatic hydroxyl groups is 1. The summed E-state index contributed by atoms with van der Waals surface area (Å²) in [5.74, 6) is 0.0982. The van der Waals surface area contributed by atoms with E-state index in [-0.39, 0.29) is 5.75 Å². The second-order valence-electron chi connectivity index (χ2n) is 3.40. The van der Waals surface area contributed by atoms with Crippen LogP contribution in [0.1, 0.15) is 11.7 Å². The Hall–Kier alpha value is -1.80. The standard InChI is InChI=1S/C13H12O2/c1-2-11(14)13-10-6-4-3-5-9(10)7-8-12(13)15/h2-8,11,14-15H,1H2. The van der Waals surface area contributed by atoms with Crippen molar-refractivity contribution in [2.24, 2.45) is 0 Å². The average molecular weight is 200 g/mol. The largest absolute Gasteiger partial charge is 0.508 e. The van der Waals surface area contributed by atoms with E-state index in [4.69, 9.17) is 0 Å². The summed E-state index contributed by atoms with van der Waals surface area (Å²) in [5, 5.41) is 21.3. The van der Waals surface area contributed by atoms with Crippen molar-refractivity contribution in [2.75, 3.05) is 0 Å². The van der Waals surface area contributed by atoms with Gasteiger partial charge in [-0.3, -0.25) is 0 Å². The highest BCUT2D eigenvalue weighted by molar-refractivity contribution is 5.88. The van der Waals surface area contributed by atoms with Gasteiger partial charge in [-0.25, -0.2) is 0 Å². The quantitative estimate of drug-likeness (QED) is 0.732. The van der Waals surface area contributed by atoms with E-state index in [0.29, 0.717) is 5.56 Å². The molecule has 0 fully saturated rings. The number of rotatable bonds is 2. The summed E-state index contributed by atoms with van der Waals surface area (Å²) in [7, 11) is 0. The number of hydrogen-bond donors (Lipinski definition) is 2. The Balaban J connectivity index is 2.79. The van der Waals surface area contributed by atoms with Crippen molar-refractivity contribution in [1.82, 2.24) is 0 Å². The Labute approximate surface area is 88.1 Å². The van der Waals surface area contributed by atoms with Crippen molar-refractivity contribution in [3.63, 3.8) is 0 Å². The van der Waals surface area contributed by atoms with Gasteiger partial charge in [0.2, 0.25) is 0 Å². The summed E-state index contributed by atoms with van der Waals surface area (Å²) in [4.78, 5) is 0. The fourth-order valence-electron chi connectivity index (χ4n) is 1.71. The number of phenols is 1. The molecular weight excluding hydrogens is 188 g/mol. The monoisotopic (exact) mass is 200 g/mol. The van der Waals surface area contributed by atoms with E-state index in [2.05, 4.69) is 6.58 Å². The number of benzene rings is 2. The van der Waals surface area contributed by atoms with Crippen molar-refractivity contribution in [2.45, 2.75) is 6.10 Å². The van der Waals surface area contributed by atoms with Gasteiger partial charge in [-0.2, -0.15) is 0 Å². The van der Waals surface area contributed by atoms with Gasteiger partial charge < -0.3 is 10.2 Å². The summed E-state index contributed by atoms with van der Waals surface area (Å²) in [6, 6.07) is 11.0. The second kappa shape index (κ2) is 3.75. The molecule has 0 aliphatic rings. The third kappa shape index (κ3) is 1.60. The number of aliphatic hydroxyl groups is 1. The minimum Gasteiger partial charge on any atom is -0.508 e. The van der Waals surface area contributed by atoms with Crippen LogP contribution in [0.5, 0.6) is 5.75 Å². The van der Waals surface area contributed by atoms with E-state index in [9.17, 15) is 10.2 Å². The van der Waals surface area contributed by atoms with Gasteiger partial charge in [0.25, 0.3) is 0 Å². The molecule has 1 unspecified atom stereocenters. The molecule has 0 saturated carbocycles. The summed E-state index contributed by atoms with van der Waals surface area (Å²) in [5.41, 5.74) is 0.517. The molecule has 0 radical (unpaired) electrons. The van der Waals surface area contributed by atoms with E-state index in [0.717, 1.165) is 10.8 Å². The Morgan fingerprint density at radius 3 is 2.60 bits per heavy atom. The van der Waals surface area contributed by atoms with Crippen molar-refractivity contribution in [3.8, 4) is 5.75 Å². The highest BCUT2D eigenvalue weighted by atomic mass is 16.3. The van der Waals surface area contributed by atoms with Crippen molar-refractivity contribution in [1.29, 1.82) is 0 Å². The fourth-order valence-corrected chi connectivity index (χ4v) is 1.71. The molecule has 2 nitrogen and oxygen atoms in total. The van der Waals surface area contributed by atoms with E-state index in [1.165, 1.54) is 6.08 Å². The third-order valence-electron chi connectivity index (χ3n) is 2.47. The first kappa shape index (κ1) is 9.74. The number of aliphatic hydroxyl groups excluding tert-OH is 1. The topological polar surface area (TPSA) is 40.5 Å². The molecule has 2 heteroatoms. The summed E-state index contributed by atoms with van der Waals surface area (Å²) < 4.78 is 0. The van der Waals surface area contributed by atoms with Gasteiger partial charge in [-0.15, -0.1) is 6.58 Å².